The van der Waals surface area contributed by atoms with Crippen LogP contribution in [-0.2, 0) is 11.2 Å². The van der Waals surface area contributed by atoms with Gasteiger partial charge in [-0.2, -0.15) is 0 Å². The summed E-state index contributed by atoms with van der Waals surface area (Å²) in [5.41, 5.74) is 1.01. The van der Waals surface area contributed by atoms with Crippen LogP contribution in [0.5, 0.6) is 5.88 Å². The van der Waals surface area contributed by atoms with E-state index in [-0.39, 0.29) is 11.8 Å². The van der Waals surface area contributed by atoms with Crippen LogP contribution >= 0.6 is 0 Å². The maximum Gasteiger partial charge on any atom is 0.223 e. The topological polar surface area (TPSA) is 51.2 Å². The van der Waals surface area contributed by atoms with E-state index in [1.807, 2.05) is 12.1 Å². The molecule has 1 aliphatic rings. The summed E-state index contributed by atoms with van der Waals surface area (Å²) in [4.78, 5) is 16.0. The number of hydrogen-bond donors (Lipinski definition) is 1. The first-order valence-electron chi connectivity index (χ1n) is 6.07. The van der Waals surface area contributed by atoms with E-state index >= 15 is 0 Å². The van der Waals surface area contributed by atoms with Crippen molar-refractivity contribution in [1.29, 1.82) is 0 Å². The number of methoxy groups -OCH3 is 1. The average Bonchev–Trinajstić information content (AvgIpc) is 2.56. The molecule has 1 aliphatic heterocycles. The SMILES string of the molecule is COc1ncccc1CC1CCCCNC1=O. The third kappa shape index (κ3) is 2.96. The number of hydrogen-bond acceptors (Lipinski definition) is 3. The second-order valence-corrected chi connectivity index (χ2v) is 4.36. The molecule has 0 radical (unpaired) electrons. The average molecular weight is 234 g/mol. The molecule has 1 aromatic heterocycles. The number of ether oxygens (including phenoxy) is 1. The van der Waals surface area contributed by atoms with E-state index in [0.717, 1.165) is 31.4 Å². The summed E-state index contributed by atoms with van der Waals surface area (Å²) >= 11 is 0. The number of amides is 1. The van der Waals surface area contributed by atoms with Crippen molar-refractivity contribution >= 4 is 5.91 Å². The van der Waals surface area contributed by atoms with E-state index in [9.17, 15) is 4.79 Å². The van der Waals surface area contributed by atoms with E-state index in [1.54, 1.807) is 13.3 Å². The zero-order valence-electron chi connectivity index (χ0n) is 10.1. The molecule has 1 unspecified atom stereocenters. The number of pyridine rings is 1. The number of nitrogens with zero attached hydrogens (tertiary/aromatic N) is 1. The van der Waals surface area contributed by atoms with Gasteiger partial charge in [-0.15, -0.1) is 0 Å². The molecule has 4 heteroatoms. The van der Waals surface area contributed by atoms with Crippen LogP contribution in [0.1, 0.15) is 24.8 Å². The Morgan fingerprint density at radius 3 is 3.24 bits per heavy atom. The Morgan fingerprint density at radius 2 is 2.41 bits per heavy atom. The summed E-state index contributed by atoms with van der Waals surface area (Å²) in [6.07, 6.45) is 5.54. The molecule has 92 valence electrons. The third-order valence-corrected chi connectivity index (χ3v) is 3.16. The highest BCUT2D eigenvalue weighted by Crippen LogP contribution is 2.22. The van der Waals surface area contributed by atoms with Crippen molar-refractivity contribution in [3.63, 3.8) is 0 Å². The van der Waals surface area contributed by atoms with Gasteiger partial charge in [-0.05, 0) is 25.3 Å². The molecule has 1 saturated heterocycles. The Balaban J connectivity index is 2.10. The van der Waals surface area contributed by atoms with Gasteiger partial charge >= 0.3 is 0 Å². The molecule has 1 aromatic rings. The van der Waals surface area contributed by atoms with Gasteiger partial charge < -0.3 is 10.1 Å². The first-order valence-corrected chi connectivity index (χ1v) is 6.07. The maximum absolute atomic E-state index is 11.8. The summed E-state index contributed by atoms with van der Waals surface area (Å²) in [5, 5.41) is 2.95. The Morgan fingerprint density at radius 1 is 1.53 bits per heavy atom. The van der Waals surface area contributed by atoms with Gasteiger partial charge in [-0.25, -0.2) is 4.98 Å². The molecule has 0 saturated carbocycles. The molecule has 2 rings (SSSR count). The molecule has 0 bridgehead atoms. The Kier molecular flexibility index (Phi) is 3.96. The quantitative estimate of drug-likeness (QED) is 0.863. The van der Waals surface area contributed by atoms with Crippen LogP contribution in [0.25, 0.3) is 0 Å². The largest absolute Gasteiger partial charge is 0.481 e. The number of rotatable bonds is 3. The van der Waals surface area contributed by atoms with E-state index in [1.165, 1.54) is 0 Å². The first-order chi connectivity index (χ1) is 8.31. The van der Waals surface area contributed by atoms with Gasteiger partial charge in [0.2, 0.25) is 11.8 Å². The van der Waals surface area contributed by atoms with Gasteiger partial charge in [0.1, 0.15) is 0 Å². The molecular weight excluding hydrogens is 216 g/mol. The standard InChI is InChI=1S/C13H18N2O2/c1-17-13-11(6-4-8-15-13)9-10-5-2-3-7-14-12(10)16/h4,6,8,10H,2-3,5,7,9H2,1H3,(H,14,16). The molecule has 1 amide bonds. The predicted molar refractivity (Wildman–Crippen MR) is 64.8 cm³/mol. The van der Waals surface area contributed by atoms with Crippen molar-refractivity contribution < 1.29 is 9.53 Å². The fourth-order valence-corrected chi connectivity index (χ4v) is 2.23. The highest BCUT2D eigenvalue weighted by Gasteiger charge is 2.22. The second kappa shape index (κ2) is 5.66. The van der Waals surface area contributed by atoms with Crippen molar-refractivity contribution in [3.8, 4) is 5.88 Å². The molecule has 0 aliphatic carbocycles. The van der Waals surface area contributed by atoms with Crippen LogP contribution in [0.3, 0.4) is 0 Å². The molecule has 0 aromatic carbocycles. The smallest absolute Gasteiger partial charge is 0.223 e. The minimum absolute atomic E-state index is 0.0515. The zero-order chi connectivity index (χ0) is 12.1. The summed E-state index contributed by atoms with van der Waals surface area (Å²) in [5.74, 6) is 0.841. The van der Waals surface area contributed by atoms with Crippen molar-refractivity contribution in [2.45, 2.75) is 25.7 Å². The number of nitrogens with one attached hydrogen (secondary N) is 1. The first kappa shape index (κ1) is 11.9. The zero-order valence-corrected chi connectivity index (χ0v) is 10.1. The van der Waals surface area contributed by atoms with Crippen LogP contribution in [0.2, 0.25) is 0 Å². The van der Waals surface area contributed by atoms with Crippen LogP contribution in [0.4, 0.5) is 0 Å². The van der Waals surface area contributed by atoms with Gasteiger partial charge in [0, 0.05) is 24.2 Å². The van der Waals surface area contributed by atoms with Crippen molar-refractivity contribution in [2.24, 2.45) is 5.92 Å². The minimum Gasteiger partial charge on any atom is -0.481 e. The molecule has 4 nitrogen and oxygen atoms in total. The maximum atomic E-state index is 11.8. The molecule has 1 atom stereocenters. The number of carbonyl (C=O) groups excluding carboxylic acids is 1. The van der Waals surface area contributed by atoms with Crippen LogP contribution < -0.4 is 10.1 Å². The Labute approximate surface area is 101 Å². The molecule has 17 heavy (non-hydrogen) atoms. The normalized spacial score (nSPS) is 20.5. The number of aromatic nitrogens is 1. The molecule has 1 N–H and O–H groups in total. The van der Waals surface area contributed by atoms with Crippen molar-refractivity contribution in [1.82, 2.24) is 10.3 Å². The molecular formula is C13H18N2O2. The van der Waals surface area contributed by atoms with Crippen LogP contribution in [-0.4, -0.2) is 24.5 Å². The lowest BCUT2D eigenvalue weighted by Crippen LogP contribution is -2.30. The number of carbonyl (C=O) groups is 1. The molecule has 1 fully saturated rings. The van der Waals surface area contributed by atoms with Crippen molar-refractivity contribution in [2.75, 3.05) is 13.7 Å². The lowest BCUT2D eigenvalue weighted by molar-refractivity contribution is -0.124. The summed E-state index contributed by atoms with van der Waals surface area (Å²) in [6.45, 7) is 0.805. The highest BCUT2D eigenvalue weighted by molar-refractivity contribution is 5.79. The van der Waals surface area contributed by atoms with Crippen molar-refractivity contribution in [3.05, 3.63) is 23.9 Å². The van der Waals surface area contributed by atoms with E-state index in [4.69, 9.17) is 4.74 Å². The monoisotopic (exact) mass is 234 g/mol. The van der Waals surface area contributed by atoms with Gasteiger partial charge in [-0.3, -0.25) is 4.79 Å². The third-order valence-electron chi connectivity index (χ3n) is 3.16. The second-order valence-electron chi connectivity index (χ2n) is 4.36. The van der Waals surface area contributed by atoms with Crippen LogP contribution in [0, 0.1) is 5.92 Å². The predicted octanol–water partition coefficient (Wildman–Crippen LogP) is 1.55. The van der Waals surface area contributed by atoms with Gasteiger partial charge in [0.25, 0.3) is 0 Å². The summed E-state index contributed by atoms with van der Waals surface area (Å²) in [6, 6.07) is 3.86. The fourth-order valence-electron chi connectivity index (χ4n) is 2.23. The van der Waals surface area contributed by atoms with Gasteiger partial charge in [0.15, 0.2) is 0 Å². The fraction of sp³-hybridized carbons (Fsp3) is 0.538. The Hall–Kier alpha value is -1.58. The minimum atomic E-state index is 0.0515. The van der Waals surface area contributed by atoms with Gasteiger partial charge in [0.05, 0.1) is 7.11 Å². The lowest BCUT2D eigenvalue weighted by Gasteiger charge is -2.14. The van der Waals surface area contributed by atoms with E-state index in [0.29, 0.717) is 12.3 Å². The Bertz CT molecular complexity index is 393. The highest BCUT2D eigenvalue weighted by atomic mass is 16.5. The van der Waals surface area contributed by atoms with Crippen LogP contribution in [0.15, 0.2) is 18.3 Å². The summed E-state index contributed by atoms with van der Waals surface area (Å²) in [7, 11) is 1.61. The van der Waals surface area contributed by atoms with Gasteiger partial charge in [-0.1, -0.05) is 12.5 Å². The van der Waals surface area contributed by atoms with E-state index in [2.05, 4.69) is 10.3 Å². The van der Waals surface area contributed by atoms with E-state index < -0.39 is 0 Å². The summed E-state index contributed by atoms with van der Waals surface area (Å²) < 4.78 is 5.21. The lowest BCUT2D eigenvalue weighted by atomic mass is 9.95. The molecule has 0 spiro atoms. The molecule has 2 heterocycles.